The first-order valence-electron chi connectivity index (χ1n) is 13.5. The van der Waals surface area contributed by atoms with Gasteiger partial charge in [0.1, 0.15) is 6.10 Å². The lowest BCUT2D eigenvalue weighted by molar-refractivity contribution is -0.143. The van der Waals surface area contributed by atoms with Gasteiger partial charge in [0, 0.05) is 27.8 Å². The van der Waals surface area contributed by atoms with Crippen LogP contribution in [0.2, 0.25) is 5.02 Å². The Bertz CT molecular complexity index is 1490. The zero-order valence-corrected chi connectivity index (χ0v) is 24.1. The van der Waals surface area contributed by atoms with E-state index >= 15 is 0 Å². The summed E-state index contributed by atoms with van der Waals surface area (Å²) in [7, 11) is 0. The number of nitrogens with zero attached hydrogens (tertiary/aromatic N) is 2. The summed E-state index contributed by atoms with van der Waals surface area (Å²) < 4.78 is 86.4. The van der Waals surface area contributed by atoms with Crippen LogP contribution in [0.5, 0.6) is 0 Å². The number of hydrogen-bond acceptors (Lipinski definition) is 3. The molecular weight excluding hydrogens is 582 g/mol. The average molecular weight is 611 g/mol. The van der Waals surface area contributed by atoms with Crippen molar-refractivity contribution in [3.63, 3.8) is 0 Å². The van der Waals surface area contributed by atoms with Gasteiger partial charge < -0.3 is 4.74 Å². The summed E-state index contributed by atoms with van der Waals surface area (Å²) in [5.74, 6) is 0.288. The molecule has 3 aromatic rings. The third kappa shape index (κ3) is 6.09. The number of amides is 1. The number of alkyl halides is 6. The minimum Gasteiger partial charge on any atom is -0.439 e. The fourth-order valence-corrected chi connectivity index (χ4v) is 5.37. The molecule has 5 rings (SSSR count). The number of carbonyl (C=O) groups excluding carboxylic acids is 1. The van der Waals surface area contributed by atoms with Gasteiger partial charge in [-0.2, -0.15) is 26.3 Å². The number of benzene rings is 2. The van der Waals surface area contributed by atoms with Gasteiger partial charge in [-0.1, -0.05) is 44.5 Å². The molecule has 1 saturated heterocycles. The van der Waals surface area contributed by atoms with Crippen molar-refractivity contribution in [1.82, 2.24) is 9.88 Å². The molecule has 1 aliphatic carbocycles. The molecule has 0 unspecified atom stereocenters. The maximum atomic E-state index is 13.5. The lowest BCUT2D eigenvalue weighted by Gasteiger charge is -2.24. The Kier molecular flexibility index (Phi) is 7.53. The van der Waals surface area contributed by atoms with Crippen LogP contribution in [0.25, 0.3) is 11.1 Å². The molecule has 2 atom stereocenters. The van der Waals surface area contributed by atoms with Crippen LogP contribution < -0.4 is 0 Å². The molecule has 2 heterocycles. The van der Waals surface area contributed by atoms with Crippen LogP contribution >= 0.6 is 11.6 Å². The van der Waals surface area contributed by atoms with Crippen molar-refractivity contribution in [2.75, 3.05) is 0 Å². The molecular formula is C31H29ClF6N2O2. The van der Waals surface area contributed by atoms with Crippen molar-refractivity contribution in [2.45, 2.75) is 82.9 Å². The van der Waals surface area contributed by atoms with Gasteiger partial charge in [-0.25, -0.2) is 4.79 Å². The first-order chi connectivity index (χ1) is 19.4. The quantitative estimate of drug-likeness (QED) is 0.270. The van der Waals surface area contributed by atoms with Crippen molar-refractivity contribution < 1.29 is 35.9 Å². The molecule has 2 aliphatic rings. The number of cyclic esters (lactones) is 1. The Morgan fingerprint density at radius 1 is 0.881 bits per heavy atom. The van der Waals surface area contributed by atoms with E-state index in [-0.39, 0.29) is 29.5 Å². The number of halogens is 7. The van der Waals surface area contributed by atoms with Crippen LogP contribution in [0.3, 0.4) is 0 Å². The molecule has 1 amide bonds. The largest absolute Gasteiger partial charge is 0.439 e. The fourth-order valence-electron chi connectivity index (χ4n) is 5.15. The third-order valence-electron chi connectivity index (χ3n) is 7.76. The molecule has 1 aromatic heterocycles. The van der Waals surface area contributed by atoms with Gasteiger partial charge in [-0.15, -0.1) is 0 Å². The van der Waals surface area contributed by atoms with E-state index in [1.807, 2.05) is 24.3 Å². The molecule has 0 radical (unpaired) electrons. The van der Waals surface area contributed by atoms with Gasteiger partial charge in [-0.3, -0.25) is 9.88 Å². The topological polar surface area (TPSA) is 42.4 Å². The van der Waals surface area contributed by atoms with Crippen LogP contribution in [0.1, 0.15) is 86.2 Å². The number of carbonyl (C=O) groups is 1. The van der Waals surface area contributed by atoms with Gasteiger partial charge >= 0.3 is 18.4 Å². The maximum Gasteiger partial charge on any atom is 0.416 e. The Hall–Kier alpha value is -3.27. The second-order valence-electron chi connectivity index (χ2n) is 12.0. The summed E-state index contributed by atoms with van der Waals surface area (Å²) in [5.41, 5.74) is 0.266. The smallest absolute Gasteiger partial charge is 0.416 e. The predicted octanol–water partition coefficient (Wildman–Crippen LogP) is 9.70. The normalized spacial score (nSPS) is 19.8. The molecule has 2 aromatic carbocycles. The van der Waals surface area contributed by atoms with Crippen LogP contribution in [0, 0.1) is 0 Å². The van der Waals surface area contributed by atoms with E-state index in [0.717, 1.165) is 24.1 Å². The van der Waals surface area contributed by atoms with Crippen LogP contribution in [0.4, 0.5) is 31.1 Å². The molecule has 11 heteroatoms. The zero-order valence-electron chi connectivity index (χ0n) is 23.3. The second kappa shape index (κ2) is 10.5. The van der Waals surface area contributed by atoms with Gasteiger partial charge in [0.15, 0.2) is 0 Å². The minimum atomic E-state index is -5.02. The maximum absolute atomic E-state index is 13.5. The Balaban J connectivity index is 1.53. The molecule has 4 nitrogen and oxygen atoms in total. The van der Waals surface area contributed by atoms with Crippen LogP contribution in [0.15, 0.2) is 48.5 Å². The number of aromatic nitrogens is 1. The number of ether oxygens (including phenoxy) is 1. The van der Waals surface area contributed by atoms with Crippen LogP contribution in [-0.2, 0) is 29.0 Å². The van der Waals surface area contributed by atoms with Crippen molar-refractivity contribution in [3.8, 4) is 11.1 Å². The molecule has 0 bridgehead atoms. The monoisotopic (exact) mass is 610 g/mol. The lowest BCUT2D eigenvalue weighted by Crippen LogP contribution is -2.32. The third-order valence-corrected chi connectivity index (χ3v) is 8.09. The van der Waals surface area contributed by atoms with Gasteiger partial charge in [0.05, 0.1) is 29.4 Å². The highest BCUT2D eigenvalue weighted by Crippen LogP contribution is 2.44. The van der Waals surface area contributed by atoms with E-state index in [9.17, 15) is 31.1 Å². The molecule has 1 saturated carbocycles. The number of pyridine rings is 1. The van der Waals surface area contributed by atoms with Gasteiger partial charge in [-0.05, 0) is 72.7 Å². The number of rotatable bonds is 5. The van der Waals surface area contributed by atoms with Crippen LogP contribution in [-0.4, -0.2) is 22.0 Å². The highest BCUT2D eigenvalue weighted by atomic mass is 35.5. The molecule has 42 heavy (non-hydrogen) atoms. The zero-order chi connectivity index (χ0) is 30.8. The van der Waals surface area contributed by atoms with Gasteiger partial charge in [0.25, 0.3) is 0 Å². The van der Waals surface area contributed by atoms with E-state index in [2.05, 4.69) is 20.8 Å². The first-order valence-corrected chi connectivity index (χ1v) is 13.9. The minimum absolute atomic E-state index is 0.0533. The Morgan fingerprint density at radius 2 is 1.50 bits per heavy atom. The average Bonchev–Trinajstić information content (AvgIpc) is 3.70. The summed E-state index contributed by atoms with van der Waals surface area (Å²) in [5, 5.41) is 0.476. The van der Waals surface area contributed by atoms with Gasteiger partial charge in [0.2, 0.25) is 0 Å². The Morgan fingerprint density at radius 3 is 2.05 bits per heavy atom. The summed E-state index contributed by atoms with van der Waals surface area (Å²) in [4.78, 5) is 19.2. The summed E-state index contributed by atoms with van der Waals surface area (Å²) >= 11 is 6.63. The molecule has 0 N–H and O–H groups in total. The summed E-state index contributed by atoms with van der Waals surface area (Å²) in [6.07, 6.45) is -10.3. The van der Waals surface area contributed by atoms with E-state index in [1.54, 1.807) is 6.07 Å². The SMILES string of the molecule is C[C@H]1[C@@H](c2cc(C(F)(F)F)cc(C(F)(F)F)c2)OC(=O)N1Cc1nc(C2CC2)ccc1-c1cc(C(C)(C)C)ccc1Cl. The second-order valence-corrected chi connectivity index (χ2v) is 12.4. The highest BCUT2D eigenvalue weighted by Gasteiger charge is 2.43. The molecule has 1 aliphatic heterocycles. The molecule has 2 fully saturated rings. The molecule has 224 valence electrons. The van der Waals surface area contributed by atoms with E-state index in [4.69, 9.17) is 21.3 Å². The van der Waals surface area contributed by atoms with E-state index < -0.39 is 41.7 Å². The van der Waals surface area contributed by atoms with E-state index in [0.29, 0.717) is 34.0 Å². The number of hydrogen-bond donors (Lipinski definition) is 0. The summed E-state index contributed by atoms with van der Waals surface area (Å²) in [6, 6.07) is 9.88. The predicted molar refractivity (Wildman–Crippen MR) is 146 cm³/mol. The molecule has 0 spiro atoms. The fraction of sp³-hybridized carbons (Fsp3) is 0.419. The van der Waals surface area contributed by atoms with Crippen molar-refractivity contribution in [2.24, 2.45) is 0 Å². The van der Waals surface area contributed by atoms with E-state index in [1.165, 1.54) is 11.8 Å². The Labute approximate surface area is 244 Å². The standard InChI is InChI=1S/C31H29ClF6N2O2/c1-16-27(18-11-20(30(33,34)35)13-21(12-18)31(36,37)38)42-28(41)40(16)15-26-22(8-10-25(39-26)17-5-6-17)23-14-19(29(2,3)4)7-9-24(23)32/h7-14,16-17,27H,5-6,15H2,1-4H3/t16-,27-/m0/s1. The lowest BCUT2D eigenvalue weighted by atomic mass is 9.85. The first kappa shape index (κ1) is 30.2. The highest BCUT2D eigenvalue weighted by molar-refractivity contribution is 6.33. The van der Waals surface area contributed by atoms with Crippen molar-refractivity contribution in [1.29, 1.82) is 0 Å². The summed E-state index contributed by atoms with van der Waals surface area (Å²) in [6.45, 7) is 7.65. The van der Waals surface area contributed by atoms with Crippen molar-refractivity contribution >= 4 is 17.7 Å². The van der Waals surface area contributed by atoms with Crippen molar-refractivity contribution in [3.05, 3.63) is 87.2 Å².